The molecular weight excluding hydrogens is 202 g/mol. The molecule has 0 bridgehead atoms. The summed E-state index contributed by atoms with van der Waals surface area (Å²) in [5, 5.41) is 18.5. The summed E-state index contributed by atoms with van der Waals surface area (Å²) in [6, 6.07) is 0. The molecule has 3 unspecified atom stereocenters. The van der Waals surface area contributed by atoms with Gasteiger partial charge >= 0.3 is 0 Å². The van der Waals surface area contributed by atoms with E-state index < -0.39 is 5.60 Å². The van der Waals surface area contributed by atoms with E-state index in [4.69, 9.17) is 0 Å². The maximum atomic E-state index is 10.5. The predicted molar refractivity (Wildman–Crippen MR) is 61.8 cm³/mol. The van der Waals surface area contributed by atoms with Crippen molar-refractivity contribution < 1.29 is 5.11 Å². The van der Waals surface area contributed by atoms with Crippen molar-refractivity contribution in [3.05, 3.63) is 11.9 Å². The van der Waals surface area contributed by atoms with Crippen LogP contribution in [0.4, 0.5) is 0 Å². The summed E-state index contributed by atoms with van der Waals surface area (Å²) >= 11 is 0. The molecule has 3 atom stereocenters. The number of aromatic nitrogens is 3. The topological polar surface area (TPSA) is 50.9 Å². The van der Waals surface area contributed by atoms with Gasteiger partial charge in [0.25, 0.3) is 0 Å². The van der Waals surface area contributed by atoms with Gasteiger partial charge in [0.05, 0.1) is 11.3 Å². The Morgan fingerprint density at radius 3 is 2.81 bits per heavy atom. The van der Waals surface area contributed by atoms with Crippen LogP contribution in [0.2, 0.25) is 0 Å². The highest BCUT2D eigenvalue weighted by Gasteiger charge is 2.36. The molecule has 0 radical (unpaired) electrons. The average Bonchev–Trinajstić information content (AvgIpc) is 2.58. The van der Waals surface area contributed by atoms with Crippen molar-refractivity contribution in [2.75, 3.05) is 0 Å². The lowest BCUT2D eigenvalue weighted by atomic mass is 9.71. The molecule has 0 saturated heterocycles. The van der Waals surface area contributed by atoms with E-state index in [9.17, 15) is 5.11 Å². The van der Waals surface area contributed by atoms with Crippen LogP contribution >= 0.6 is 0 Å². The van der Waals surface area contributed by atoms with Crippen molar-refractivity contribution in [1.29, 1.82) is 0 Å². The van der Waals surface area contributed by atoms with Gasteiger partial charge in [-0.25, -0.2) is 0 Å². The fourth-order valence-corrected chi connectivity index (χ4v) is 2.66. The fraction of sp³-hybridized carbons (Fsp3) is 0.833. The molecule has 0 aliphatic heterocycles. The molecule has 1 aliphatic carbocycles. The zero-order chi connectivity index (χ0) is 11.8. The SMILES string of the molecule is CC1CCC(O)(Cc2cn(C)nn2)CC1C. The van der Waals surface area contributed by atoms with Crippen LogP contribution in [0.15, 0.2) is 6.20 Å². The largest absolute Gasteiger partial charge is 0.389 e. The lowest BCUT2D eigenvalue weighted by molar-refractivity contribution is -0.0286. The normalized spacial score (nSPS) is 35.2. The molecule has 1 saturated carbocycles. The average molecular weight is 223 g/mol. The highest BCUT2D eigenvalue weighted by atomic mass is 16.3. The Morgan fingerprint density at radius 1 is 1.50 bits per heavy atom. The van der Waals surface area contributed by atoms with E-state index in [1.807, 2.05) is 13.2 Å². The smallest absolute Gasteiger partial charge is 0.0855 e. The molecule has 0 aromatic carbocycles. The highest BCUT2D eigenvalue weighted by Crippen LogP contribution is 2.37. The van der Waals surface area contributed by atoms with E-state index in [0.717, 1.165) is 30.9 Å². The van der Waals surface area contributed by atoms with Gasteiger partial charge < -0.3 is 5.11 Å². The van der Waals surface area contributed by atoms with E-state index in [-0.39, 0.29) is 0 Å². The zero-order valence-corrected chi connectivity index (χ0v) is 10.3. The quantitative estimate of drug-likeness (QED) is 0.827. The Labute approximate surface area is 96.7 Å². The summed E-state index contributed by atoms with van der Waals surface area (Å²) in [7, 11) is 1.85. The zero-order valence-electron chi connectivity index (χ0n) is 10.3. The molecule has 16 heavy (non-hydrogen) atoms. The molecule has 1 N–H and O–H groups in total. The van der Waals surface area contributed by atoms with Gasteiger partial charge in [-0.2, -0.15) is 0 Å². The van der Waals surface area contributed by atoms with Gasteiger partial charge in [0, 0.05) is 19.7 Å². The molecule has 1 aromatic heterocycles. The first-order valence-corrected chi connectivity index (χ1v) is 6.06. The number of hydrogen-bond acceptors (Lipinski definition) is 3. The van der Waals surface area contributed by atoms with E-state index in [1.54, 1.807) is 4.68 Å². The Bertz CT molecular complexity index is 363. The molecule has 4 nitrogen and oxygen atoms in total. The van der Waals surface area contributed by atoms with E-state index in [1.165, 1.54) is 0 Å². The summed E-state index contributed by atoms with van der Waals surface area (Å²) in [6.07, 6.45) is 5.40. The van der Waals surface area contributed by atoms with Crippen LogP contribution in [-0.4, -0.2) is 25.7 Å². The van der Waals surface area contributed by atoms with Gasteiger partial charge in [0.2, 0.25) is 0 Å². The summed E-state index contributed by atoms with van der Waals surface area (Å²) in [4.78, 5) is 0. The van der Waals surface area contributed by atoms with Gasteiger partial charge in [0.15, 0.2) is 0 Å². The molecule has 1 heterocycles. The molecule has 0 amide bonds. The Morgan fingerprint density at radius 2 is 2.25 bits per heavy atom. The fourth-order valence-electron chi connectivity index (χ4n) is 2.66. The van der Waals surface area contributed by atoms with Crippen LogP contribution < -0.4 is 0 Å². The van der Waals surface area contributed by atoms with Gasteiger partial charge in [-0.05, 0) is 31.1 Å². The number of aliphatic hydroxyl groups is 1. The minimum absolute atomic E-state index is 0.568. The maximum absolute atomic E-state index is 10.5. The molecule has 0 spiro atoms. The molecule has 90 valence electrons. The number of nitrogens with zero attached hydrogens (tertiary/aromatic N) is 3. The summed E-state index contributed by atoms with van der Waals surface area (Å²) in [6.45, 7) is 4.50. The second-order valence-electron chi connectivity index (χ2n) is 5.48. The Kier molecular flexibility index (Phi) is 3.02. The third-order valence-electron chi connectivity index (χ3n) is 3.90. The van der Waals surface area contributed by atoms with Crippen molar-refractivity contribution in [3.8, 4) is 0 Å². The van der Waals surface area contributed by atoms with Gasteiger partial charge in [-0.1, -0.05) is 19.1 Å². The summed E-state index contributed by atoms with van der Waals surface area (Å²) in [5.41, 5.74) is 0.328. The first-order valence-electron chi connectivity index (χ1n) is 6.06. The van der Waals surface area contributed by atoms with Crippen LogP contribution in [0.1, 0.15) is 38.8 Å². The molecule has 1 aliphatic rings. The molecule has 4 heteroatoms. The molecule has 1 aromatic rings. The van der Waals surface area contributed by atoms with Crippen LogP contribution in [0.25, 0.3) is 0 Å². The number of rotatable bonds is 2. The third-order valence-corrected chi connectivity index (χ3v) is 3.90. The van der Waals surface area contributed by atoms with Crippen LogP contribution in [0.5, 0.6) is 0 Å². The highest BCUT2D eigenvalue weighted by molar-refractivity contribution is 5.01. The van der Waals surface area contributed by atoms with Gasteiger partial charge in [-0.3, -0.25) is 4.68 Å². The second kappa shape index (κ2) is 4.17. The maximum Gasteiger partial charge on any atom is 0.0855 e. The van der Waals surface area contributed by atoms with E-state index in [2.05, 4.69) is 24.2 Å². The monoisotopic (exact) mass is 223 g/mol. The first kappa shape index (κ1) is 11.6. The van der Waals surface area contributed by atoms with Gasteiger partial charge in [0.1, 0.15) is 0 Å². The first-order chi connectivity index (χ1) is 7.48. The Balaban J connectivity index is 2.03. The van der Waals surface area contributed by atoms with Crippen LogP contribution in [0.3, 0.4) is 0 Å². The van der Waals surface area contributed by atoms with Crippen LogP contribution in [0, 0.1) is 11.8 Å². The van der Waals surface area contributed by atoms with Crippen molar-refractivity contribution in [2.45, 2.75) is 45.1 Å². The van der Waals surface area contributed by atoms with Crippen molar-refractivity contribution in [3.63, 3.8) is 0 Å². The third kappa shape index (κ3) is 2.43. The lowest BCUT2D eigenvalue weighted by Gasteiger charge is -2.38. The molecule has 2 rings (SSSR count). The predicted octanol–water partition coefficient (Wildman–Crippen LogP) is 1.54. The van der Waals surface area contributed by atoms with E-state index in [0.29, 0.717) is 12.3 Å². The molecular formula is C12H21N3O. The van der Waals surface area contributed by atoms with Gasteiger partial charge in [-0.15, -0.1) is 5.10 Å². The minimum atomic E-state index is -0.568. The van der Waals surface area contributed by atoms with Crippen molar-refractivity contribution >= 4 is 0 Å². The number of hydrogen-bond donors (Lipinski definition) is 1. The van der Waals surface area contributed by atoms with Crippen molar-refractivity contribution in [1.82, 2.24) is 15.0 Å². The van der Waals surface area contributed by atoms with Crippen LogP contribution in [-0.2, 0) is 13.5 Å². The number of aryl methyl sites for hydroxylation is 1. The second-order valence-corrected chi connectivity index (χ2v) is 5.48. The standard InChI is InChI=1S/C12H21N3O/c1-9-4-5-12(16,6-10(9)2)7-11-8-15(3)14-13-11/h8-10,16H,4-7H2,1-3H3. The van der Waals surface area contributed by atoms with E-state index >= 15 is 0 Å². The van der Waals surface area contributed by atoms with Crippen molar-refractivity contribution in [2.24, 2.45) is 18.9 Å². The summed E-state index contributed by atoms with van der Waals surface area (Å²) < 4.78 is 1.69. The lowest BCUT2D eigenvalue weighted by Crippen LogP contribution is -2.39. The minimum Gasteiger partial charge on any atom is -0.389 e. The Hall–Kier alpha value is -0.900. The molecule has 1 fully saturated rings. The summed E-state index contributed by atoms with van der Waals surface area (Å²) in [5.74, 6) is 1.32.